The number of nitrogens with one attached hydrogen (secondary N) is 1. The van der Waals surface area contributed by atoms with Crippen LogP contribution in [0.1, 0.15) is 58.2 Å². The number of hydrogen-bond donors (Lipinski definition) is 1. The molecule has 1 N–H and O–H groups in total. The van der Waals surface area contributed by atoms with Crippen LogP contribution in [-0.2, 0) is 11.2 Å². The first-order valence-electron chi connectivity index (χ1n) is 11.9. The second-order valence-corrected chi connectivity index (χ2v) is 9.54. The molecule has 2 atom stereocenters. The van der Waals surface area contributed by atoms with Crippen LogP contribution in [0.4, 0.5) is 4.79 Å². The zero-order valence-corrected chi connectivity index (χ0v) is 21.7. The molecule has 1 aromatic heterocycles. The minimum atomic E-state index is -0.619. The number of fused-ring (bicyclic) bond motifs is 1. The van der Waals surface area contributed by atoms with Crippen LogP contribution in [0, 0.1) is 0 Å². The Hall–Kier alpha value is -3.48. The van der Waals surface area contributed by atoms with E-state index in [4.69, 9.17) is 18.9 Å². The standard InChI is InChI=1S/C28H36N2O5/c1-8-18(2)34-21-11-9-10-19(12-21)13-24(30-27(31)35-28(3,4)5)23-17-29-16-20-14-25(32-6)26(33-7)15-22(20)23/h9-12,14-18,24H,8,13H2,1-7H3,(H,30,31). The van der Waals surface area contributed by atoms with Crippen LogP contribution in [0.15, 0.2) is 48.8 Å². The normalized spacial score (nSPS) is 13.1. The monoisotopic (exact) mass is 480 g/mol. The maximum atomic E-state index is 12.8. The smallest absolute Gasteiger partial charge is 0.408 e. The predicted molar refractivity (Wildman–Crippen MR) is 137 cm³/mol. The van der Waals surface area contributed by atoms with Gasteiger partial charge in [-0.3, -0.25) is 4.98 Å². The van der Waals surface area contributed by atoms with Crippen molar-refractivity contribution in [2.45, 2.75) is 65.2 Å². The number of carbonyl (C=O) groups excluding carboxylic acids is 1. The Kier molecular flexibility index (Phi) is 8.43. The fourth-order valence-electron chi connectivity index (χ4n) is 3.78. The van der Waals surface area contributed by atoms with Gasteiger partial charge in [0.1, 0.15) is 11.4 Å². The fourth-order valence-corrected chi connectivity index (χ4v) is 3.78. The van der Waals surface area contributed by atoms with Crippen LogP contribution in [-0.4, -0.2) is 37.0 Å². The Balaban J connectivity index is 2.03. The van der Waals surface area contributed by atoms with Crippen molar-refractivity contribution < 1.29 is 23.7 Å². The van der Waals surface area contributed by atoms with E-state index in [1.54, 1.807) is 26.6 Å². The number of methoxy groups -OCH3 is 2. The van der Waals surface area contributed by atoms with Crippen LogP contribution in [0.3, 0.4) is 0 Å². The SMILES string of the molecule is CCC(C)Oc1cccc(CC(NC(=O)OC(C)(C)C)c2cncc3cc(OC)c(OC)cc23)c1. The van der Waals surface area contributed by atoms with Crippen molar-refractivity contribution in [1.29, 1.82) is 0 Å². The molecule has 0 spiro atoms. The third-order valence-electron chi connectivity index (χ3n) is 5.61. The number of ether oxygens (including phenoxy) is 4. The summed E-state index contributed by atoms with van der Waals surface area (Å²) >= 11 is 0. The van der Waals surface area contributed by atoms with Crippen LogP contribution >= 0.6 is 0 Å². The summed E-state index contributed by atoms with van der Waals surface area (Å²) in [6.45, 7) is 9.66. The summed E-state index contributed by atoms with van der Waals surface area (Å²) in [6.07, 6.45) is 4.60. The average molecular weight is 481 g/mol. The Bertz CT molecular complexity index is 1160. The molecule has 7 heteroatoms. The minimum Gasteiger partial charge on any atom is -0.493 e. The molecule has 0 aliphatic carbocycles. The number of rotatable bonds is 9. The van der Waals surface area contributed by atoms with Gasteiger partial charge in [-0.2, -0.15) is 0 Å². The lowest BCUT2D eigenvalue weighted by atomic mass is 9.95. The fraction of sp³-hybridized carbons (Fsp3) is 0.429. The molecule has 35 heavy (non-hydrogen) atoms. The van der Waals surface area contributed by atoms with Gasteiger partial charge in [-0.25, -0.2) is 4.79 Å². The van der Waals surface area contributed by atoms with E-state index in [1.807, 2.05) is 64.1 Å². The number of alkyl carbamates (subject to hydrolysis) is 1. The number of hydrogen-bond acceptors (Lipinski definition) is 6. The van der Waals surface area contributed by atoms with Gasteiger partial charge in [0, 0.05) is 23.3 Å². The minimum absolute atomic E-state index is 0.116. The summed E-state index contributed by atoms with van der Waals surface area (Å²) < 4.78 is 22.6. The lowest BCUT2D eigenvalue weighted by Gasteiger charge is -2.25. The number of carbonyl (C=O) groups is 1. The molecule has 1 heterocycles. The van der Waals surface area contributed by atoms with Crippen LogP contribution in [0.25, 0.3) is 10.8 Å². The highest BCUT2D eigenvalue weighted by Gasteiger charge is 2.23. The molecular weight excluding hydrogens is 444 g/mol. The van der Waals surface area contributed by atoms with Crippen LogP contribution in [0.5, 0.6) is 17.2 Å². The summed E-state index contributed by atoms with van der Waals surface area (Å²) in [4.78, 5) is 17.3. The van der Waals surface area contributed by atoms with Gasteiger partial charge in [0.15, 0.2) is 11.5 Å². The molecule has 2 aromatic carbocycles. The second kappa shape index (κ2) is 11.3. The molecule has 0 saturated carbocycles. The largest absolute Gasteiger partial charge is 0.493 e. The van der Waals surface area contributed by atoms with Crippen molar-refractivity contribution in [3.05, 3.63) is 59.9 Å². The van der Waals surface area contributed by atoms with Gasteiger partial charge in [-0.1, -0.05) is 19.1 Å². The maximum Gasteiger partial charge on any atom is 0.408 e. The van der Waals surface area contributed by atoms with Crippen LogP contribution < -0.4 is 19.5 Å². The summed E-state index contributed by atoms with van der Waals surface area (Å²) in [7, 11) is 3.20. The first-order valence-corrected chi connectivity index (χ1v) is 11.9. The van der Waals surface area contributed by atoms with Gasteiger partial charge in [0.2, 0.25) is 0 Å². The predicted octanol–water partition coefficient (Wildman–Crippen LogP) is 6.24. The molecule has 0 fully saturated rings. The van der Waals surface area contributed by atoms with Gasteiger partial charge >= 0.3 is 6.09 Å². The Morgan fingerprint density at radius 3 is 2.43 bits per heavy atom. The molecule has 1 amide bonds. The molecule has 0 radical (unpaired) electrons. The lowest BCUT2D eigenvalue weighted by Crippen LogP contribution is -2.36. The molecular formula is C28H36N2O5. The van der Waals surface area contributed by atoms with E-state index in [9.17, 15) is 4.79 Å². The van der Waals surface area contributed by atoms with E-state index in [0.29, 0.717) is 17.9 Å². The van der Waals surface area contributed by atoms with E-state index >= 15 is 0 Å². The molecule has 2 unspecified atom stereocenters. The molecule has 0 bridgehead atoms. The number of nitrogens with zero attached hydrogens (tertiary/aromatic N) is 1. The van der Waals surface area contributed by atoms with Gasteiger partial charge in [-0.15, -0.1) is 0 Å². The van der Waals surface area contributed by atoms with Crippen molar-refractivity contribution in [2.75, 3.05) is 14.2 Å². The molecule has 3 aromatic rings. The van der Waals surface area contributed by atoms with Crippen molar-refractivity contribution in [2.24, 2.45) is 0 Å². The highest BCUT2D eigenvalue weighted by Crippen LogP contribution is 2.36. The number of amides is 1. The first-order chi connectivity index (χ1) is 16.6. The Morgan fingerprint density at radius 2 is 1.77 bits per heavy atom. The van der Waals surface area contributed by atoms with Crippen molar-refractivity contribution >= 4 is 16.9 Å². The summed E-state index contributed by atoms with van der Waals surface area (Å²) in [5.74, 6) is 2.02. The third-order valence-corrected chi connectivity index (χ3v) is 5.61. The first kappa shape index (κ1) is 26.1. The van der Waals surface area contributed by atoms with E-state index in [-0.39, 0.29) is 6.10 Å². The van der Waals surface area contributed by atoms with Crippen molar-refractivity contribution in [3.8, 4) is 17.2 Å². The molecule has 0 aliphatic rings. The molecule has 188 valence electrons. The Morgan fingerprint density at radius 1 is 1.06 bits per heavy atom. The topological polar surface area (TPSA) is 78.9 Å². The zero-order chi connectivity index (χ0) is 25.6. The Labute approximate surface area is 207 Å². The highest BCUT2D eigenvalue weighted by molar-refractivity contribution is 5.89. The number of benzene rings is 2. The van der Waals surface area contributed by atoms with Gasteiger partial charge < -0.3 is 24.3 Å². The molecule has 0 saturated heterocycles. The summed E-state index contributed by atoms with van der Waals surface area (Å²) in [5.41, 5.74) is 1.25. The van der Waals surface area contributed by atoms with E-state index < -0.39 is 17.7 Å². The number of aromatic nitrogens is 1. The maximum absolute atomic E-state index is 12.8. The molecule has 3 rings (SSSR count). The van der Waals surface area contributed by atoms with E-state index in [0.717, 1.165) is 34.1 Å². The quantitative estimate of drug-likeness (QED) is 0.391. The summed E-state index contributed by atoms with van der Waals surface area (Å²) in [6, 6.07) is 11.3. The van der Waals surface area contributed by atoms with E-state index in [1.165, 1.54) is 0 Å². The third kappa shape index (κ3) is 7.01. The molecule has 7 nitrogen and oxygen atoms in total. The lowest BCUT2D eigenvalue weighted by molar-refractivity contribution is 0.0503. The average Bonchev–Trinajstić information content (AvgIpc) is 2.81. The summed E-state index contributed by atoms with van der Waals surface area (Å²) in [5, 5.41) is 4.84. The van der Waals surface area contributed by atoms with Gasteiger partial charge in [-0.05, 0) is 75.8 Å². The van der Waals surface area contributed by atoms with Gasteiger partial charge in [0.05, 0.1) is 26.4 Å². The number of pyridine rings is 1. The van der Waals surface area contributed by atoms with E-state index in [2.05, 4.69) is 17.2 Å². The van der Waals surface area contributed by atoms with Gasteiger partial charge in [0.25, 0.3) is 0 Å². The van der Waals surface area contributed by atoms with Crippen molar-refractivity contribution in [1.82, 2.24) is 10.3 Å². The van der Waals surface area contributed by atoms with Crippen LogP contribution in [0.2, 0.25) is 0 Å². The highest BCUT2D eigenvalue weighted by atomic mass is 16.6. The molecule has 0 aliphatic heterocycles. The van der Waals surface area contributed by atoms with Crippen molar-refractivity contribution in [3.63, 3.8) is 0 Å². The second-order valence-electron chi connectivity index (χ2n) is 9.54. The zero-order valence-electron chi connectivity index (χ0n) is 21.7.